The SMILES string of the molecule is CCNCc1coc(N(C)CCC(C)C)n1. The van der Waals surface area contributed by atoms with Gasteiger partial charge in [-0.15, -0.1) is 0 Å². The molecule has 4 heteroatoms. The van der Waals surface area contributed by atoms with Gasteiger partial charge in [0.15, 0.2) is 0 Å². The van der Waals surface area contributed by atoms with Crippen LogP contribution in [0.2, 0.25) is 0 Å². The quantitative estimate of drug-likeness (QED) is 0.773. The molecule has 0 aromatic carbocycles. The van der Waals surface area contributed by atoms with E-state index in [-0.39, 0.29) is 0 Å². The van der Waals surface area contributed by atoms with Crippen LogP contribution in [0.25, 0.3) is 0 Å². The Morgan fingerprint density at radius 3 is 2.88 bits per heavy atom. The molecular weight excluding hydrogens is 202 g/mol. The van der Waals surface area contributed by atoms with Gasteiger partial charge in [0.2, 0.25) is 0 Å². The van der Waals surface area contributed by atoms with Gasteiger partial charge < -0.3 is 14.6 Å². The van der Waals surface area contributed by atoms with Gasteiger partial charge in [-0.2, -0.15) is 4.98 Å². The maximum absolute atomic E-state index is 5.43. The van der Waals surface area contributed by atoms with Crippen LogP contribution in [0.3, 0.4) is 0 Å². The second-order valence-corrected chi connectivity index (χ2v) is 4.51. The Balaban J connectivity index is 2.43. The van der Waals surface area contributed by atoms with E-state index in [0.717, 1.165) is 31.7 Å². The van der Waals surface area contributed by atoms with Crippen LogP contribution in [0.1, 0.15) is 32.9 Å². The molecule has 92 valence electrons. The van der Waals surface area contributed by atoms with E-state index in [2.05, 4.69) is 36.0 Å². The number of nitrogens with zero attached hydrogens (tertiary/aromatic N) is 2. The summed E-state index contributed by atoms with van der Waals surface area (Å²) in [5.74, 6) is 0.707. The number of nitrogens with one attached hydrogen (secondary N) is 1. The fourth-order valence-corrected chi connectivity index (χ4v) is 1.35. The molecule has 0 aliphatic rings. The van der Waals surface area contributed by atoms with Gasteiger partial charge in [0, 0.05) is 20.1 Å². The van der Waals surface area contributed by atoms with Gasteiger partial charge in [-0.05, 0) is 18.9 Å². The summed E-state index contributed by atoms with van der Waals surface area (Å²) in [6, 6.07) is 0.716. The molecule has 4 nitrogen and oxygen atoms in total. The third-order valence-corrected chi connectivity index (χ3v) is 2.46. The first-order valence-electron chi connectivity index (χ1n) is 5.99. The Morgan fingerprint density at radius 1 is 1.50 bits per heavy atom. The fraction of sp³-hybridized carbons (Fsp3) is 0.750. The van der Waals surface area contributed by atoms with E-state index in [1.165, 1.54) is 0 Å². The lowest BCUT2D eigenvalue weighted by molar-refractivity contribution is 0.521. The smallest absolute Gasteiger partial charge is 0.297 e. The van der Waals surface area contributed by atoms with Gasteiger partial charge in [0.05, 0.1) is 5.69 Å². The van der Waals surface area contributed by atoms with Gasteiger partial charge in [0.1, 0.15) is 6.26 Å². The molecule has 0 atom stereocenters. The van der Waals surface area contributed by atoms with Crippen LogP contribution in [-0.2, 0) is 6.54 Å². The van der Waals surface area contributed by atoms with Crippen molar-refractivity contribution in [3.63, 3.8) is 0 Å². The molecule has 16 heavy (non-hydrogen) atoms. The Morgan fingerprint density at radius 2 is 2.25 bits per heavy atom. The van der Waals surface area contributed by atoms with Crippen molar-refractivity contribution in [2.75, 3.05) is 25.0 Å². The Bertz CT molecular complexity index is 296. The highest BCUT2D eigenvalue weighted by molar-refractivity contribution is 5.24. The Labute approximate surface area is 98.0 Å². The topological polar surface area (TPSA) is 41.3 Å². The predicted molar refractivity (Wildman–Crippen MR) is 66.6 cm³/mol. The minimum absolute atomic E-state index is 0.707. The fourth-order valence-electron chi connectivity index (χ4n) is 1.35. The van der Waals surface area contributed by atoms with Crippen LogP contribution < -0.4 is 10.2 Å². The van der Waals surface area contributed by atoms with Crippen LogP contribution in [0.4, 0.5) is 6.01 Å². The van der Waals surface area contributed by atoms with Crippen molar-refractivity contribution in [2.24, 2.45) is 5.92 Å². The molecule has 0 spiro atoms. The molecule has 0 saturated heterocycles. The Hall–Kier alpha value is -1.03. The van der Waals surface area contributed by atoms with Crippen LogP contribution in [0.15, 0.2) is 10.7 Å². The lowest BCUT2D eigenvalue weighted by atomic mass is 10.1. The van der Waals surface area contributed by atoms with Crippen LogP contribution in [0.5, 0.6) is 0 Å². The third-order valence-electron chi connectivity index (χ3n) is 2.46. The second kappa shape index (κ2) is 6.53. The zero-order valence-electron chi connectivity index (χ0n) is 10.8. The molecule has 1 aromatic rings. The highest BCUT2D eigenvalue weighted by Crippen LogP contribution is 2.13. The molecule has 0 fully saturated rings. The number of oxazole rings is 1. The van der Waals surface area contributed by atoms with E-state index in [4.69, 9.17) is 4.42 Å². The molecule has 0 aliphatic carbocycles. The minimum atomic E-state index is 0.707. The lowest BCUT2D eigenvalue weighted by Crippen LogP contribution is -2.20. The molecule has 1 N–H and O–H groups in total. The van der Waals surface area contributed by atoms with Crippen molar-refractivity contribution in [1.82, 2.24) is 10.3 Å². The standard InChI is InChI=1S/C12H23N3O/c1-5-13-8-11-9-16-12(14-11)15(4)7-6-10(2)3/h9-10,13H,5-8H2,1-4H3. The molecule has 0 unspecified atom stereocenters. The summed E-state index contributed by atoms with van der Waals surface area (Å²) in [6.07, 6.45) is 2.88. The maximum atomic E-state index is 5.43. The van der Waals surface area contributed by atoms with Crippen LogP contribution >= 0.6 is 0 Å². The van der Waals surface area contributed by atoms with Crippen LogP contribution in [-0.4, -0.2) is 25.1 Å². The molecular formula is C12H23N3O. The first-order chi connectivity index (χ1) is 7.63. The molecule has 0 bridgehead atoms. The summed E-state index contributed by atoms with van der Waals surface area (Å²) in [4.78, 5) is 6.49. The van der Waals surface area contributed by atoms with E-state index in [0.29, 0.717) is 11.9 Å². The van der Waals surface area contributed by atoms with E-state index in [1.807, 2.05) is 7.05 Å². The van der Waals surface area contributed by atoms with Gasteiger partial charge >= 0.3 is 0 Å². The van der Waals surface area contributed by atoms with Crippen molar-refractivity contribution < 1.29 is 4.42 Å². The van der Waals surface area contributed by atoms with Crippen molar-refractivity contribution >= 4 is 6.01 Å². The summed E-state index contributed by atoms with van der Waals surface area (Å²) in [5, 5.41) is 3.23. The predicted octanol–water partition coefficient (Wildman–Crippen LogP) is 2.27. The first-order valence-corrected chi connectivity index (χ1v) is 5.99. The average molecular weight is 225 g/mol. The average Bonchev–Trinajstić information content (AvgIpc) is 2.71. The molecule has 0 amide bonds. The third kappa shape index (κ3) is 4.23. The molecule has 1 rings (SSSR count). The number of anilines is 1. The van der Waals surface area contributed by atoms with Crippen molar-refractivity contribution in [3.05, 3.63) is 12.0 Å². The summed E-state index contributed by atoms with van der Waals surface area (Å²) < 4.78 is 5.43. The van der Waals surface area contributed by atoms with Crippen molar-refractivity contribution in [1.29, 1.82) is 0 Å². The van der Waals surface area contributed by atoms with Crippen molar-refractivity contribution in [3.8, 4) is 0 Å². The highest BCUT2D eigenvalue weighted by Gasteiger charge is 2.08. The maximum Gasteiger partial charge on any atom is 0.297 e. The molecule has 0 saturated carbocycles. The molecule has 1 aromatic heterocycles. The van der Waals surface area contributed by atoms with Crippen molar-refractivity contribution in [2.45, 2.75) is 33.7 Å². The number of hydrogen-bond acceptors (Lipinski definition) is 4. The monoisotopic (exact) mass is 225 g/mol. The lowest BCUT2D eigenvalue weighted by Gasteiger charge is -2.15. The summed E-state index contributed by atoms with van der Waals surface area (Å²) in [6.45, 7) is 9.23. The Kier molecular flexibility index (Phi) is 5.32. The van der Waals surface area contributed by atoms with E-state index in [1.54, 1.807) is 6.26 Å². The molecule has 0 aliphatic heterocycles. The molecule has 1 heterocycles. The second-order valence-electron chi connectivity index (χ2n) is 4.51. The van der Waals surface area contributed by atoms with E-state index < -0.39 is 0 Å². The number of hydrogen-bond donors (Lipinski definition) is 1. The van der Waals surface area contributed by atoms with E-state index >= 15 is 0 Å². The largest absolute Gasteiger partial charge is 0.432 e. The summed E-state index contributed by atoms with van der Waals surface area (Å²) in [5.41, 5.74) is 0.966. The van der Waals surface area contributed by atoms with Crippen LogP contribution in [0, 0.1) is 5.92 Å². The first kappa shape index (κ1) is 13.0. The van der Waals surface area contributed by atoms with E-state index in [9.17, 15) is 0 Å². The number of rotatable bonds is 7. The summed E-state index contributed by atoms with van der Waals surface area (Å²) in [7, 11) is 2.02. The van der Waals surface area contributed by atoms with Gasteiger partial charge in [0.25, 0.3) is 6.01 Å². The van der Waals surface area contributed by atoms with Gasteiger partial charge in [-0.3, -0.25) is 0 Å². The summed E-state index contributed by atoms with van der Waals surface area (Å²) >= 11 is 0. The zero-order chi connectivity index (χ0) is 12.0. The van der Waals surface area contributed by atoms with Gasteiger partial charge in [-0.25, -0.2) is 0 Å². The highest BCUT2D eigenvalue weighted by atomic mass is 16.4. The normalized spacial score (nSPS) is 11.1. The van der Waals surface area contributed by atoms with Gasteiger partial charge in [-0.1, -0.05) is 20.8 Å². The zero-order valence-corrected chi connectivity index (χ0v) is 10.8. The molecule has 0 radical (unpaired) electrons. The number of aromatic nitrogens is 1. The minimum Gasteiger partial charge on any atom is -0.432 e.